The number of rotatable bonds is 1. The molecule has 82 valence electrons. The van der Waals surface area contributed by atoms with Gasteiger partial charge in [0.05, 0.1) is 4.47 Å². The second-order valence-electron chi connectivity index (χ2n) is 3.60. The number of halogens is 2. The van der Waals surface area contributed by atoms with Crippen molar-refractivity contribution in [2.75, 3.05) is 38.1 Å². The highest BCUT2D eigenvalue weighted by Crippen LogP contribution is 2.21. The van der Waals surface area contributed by atoms with Crippen LogP contribution in [-0.2, 0) is 0 Å². The topological polar surface area (TPSA) is 32.3 Å². The molecule has 0 spiro atoms. The number of likely N-dealkylation sites (N-methyl/N-ethyl adjacent to an activating group) is 1. The van der Waals surface area contributed by atoms with Crippen molar-refractivity contribution >= 4 is 33.5 Å². The van der Waals surface area contributed by atoms with Crippen molar-refractivity contribution in [3.05, 3.63) is 15.8 Å². The maximum absolute atomic E-state index is 5.93. The Morgan fingerprint density at radius 3 is 2.60 bits per heavy atom. The van der Waals surface area contributed by atoms with E-state index >= 15 is 0 Å². The quantitative estimate of drug-likeness (QED) is 0.737. The molecule has 0 unspecified atom stereocenters. The number of hydrogen-bond acceptors (Lipinski definition) is 4. The van der Waals surface area contributed by atoms with Crippen LogP contribution in [-0.4, -0.2) is 48.1 Å². The van der Waals surface area contributed by atoms with Gasteiger partial charge in [-0.1, -0.05) is 11.6 Å². The van der Waals surface area contributed by atoms with Crippen molar-refractivity contribution in [1.82, 2.24) is 14.9 Å². The first-order valence-corrected chi connectivity index (χ1v) is 5.95. The maximum Gasteiger partial charge on any atom is 0.226 e. The van der Waals surface area contributed by atoms with E-state index in [0.717, 1.165) is 36.6 Å². The molecule has 0 amide bonds. The molecule has 1 aliphatic heterocycles. The van der Waals surface area contributed by atoms with Gasteiger partial charge in [-0.15, -0.1) is 0 Å². The lowest BCUT2D eigenvalue weighted by atomic mass is 10.3. The van der Waals surface area contributed by atoms with E-state index in [1.165, 1.54) is 0 Å². The van der Waals surface area contributed by atoms with Gasteiger partial charge in [-0.2, -0.15) is 4.98 Å². The van der Waals surface area contributed by atoms with Crippen molar-refractivity contribution in [3.63, 3.8) is 0 Å². The molecule has 0 atom stereocenters. The Hall–Kier alpha value is -0.390. The Bertz CT molecular complexity index is 352. The van der Waals surface area contributed by atoms with E-state index in [0.29, 0.717) is 5.15 Å². The Kier molecular flexibility index (Phi) is 3.43. The number of nitrogens with zero attached hydrogens (tertiary/aromatic N) is 4. The van der Waals surface area contributed by atoms with Gasteiger partial charge in [0.1, 0.15) is 5.15 Å². The van der Waals surface area contributed by atoms with E-state index in [4.69, 9.17) is 11.6 Å². The van der Waals surface area contributed by atoms with Crippen LogP contribution in [0.3, 0.4) is 0 Å². The van der Waals surface area contributed by atoms with Crippen LogP contribution in [0.2, 0.25) is 5.15 Å². The molecule has 1 fully saturated rings. The molecular weight excluding hydrogens is 279 g/mol. The fourth-order valence-corrected chi connectivity index (χ4v) is 1.81. The second-order valence-corrected chi connectivity index (χ2v) is 4.81. The van der Waals surface area contributed by atoms with Crippen LogP contribution in [0.5, 0.6) is 0 Å². The summed E-state index contributed by atoms with van der Waals surface area (Å²) >= 11 is 9.21. The zero-order valence-corrected chi connectivity index (χ0v) is 10.8. The molecule has 15 heavy (non-hydrogen) atoms. The highest BCUT2D eigenvalue weighted by Gasteiger charge is 2.16. The van der Waals surface area contributed by atoms with Gasteiger partial charge in [-0.25, -0.2) is 4.98 Å². The first-order chi connectivity index (χ1) is 7.16. The standard InChI is InChI=1S/C9H12BrClN4/c1-14-2-4-15(5-3-14)9-12-6-7(10)8(11)13-9/h6H,2-5H2,1H3. The molecule has 2 rings (SSSR count). The minimum Gasteiger partial charge on any atom is -0.338 e. The van der Waals surface area contributed by atoms with Crippen LogP contribution in [0.1, 0.15) is 0 Å². The minimum atomic E-state index is 0.471. The number of anilines is 1. The third kappa shape index (κ3) is 2.59. The van der Waals surface area contributed by atoms with Crippen LogP contribution >= 0.6 is 27.5 Å². The molecule has 0 aliphatic carbocycles. The van der Waals surface area contributed by atoms with Crippen molar-refractivity contribution in [2.45, 2.75) is 0 Å². The summed E-state index contributed by atoms with van der Waals surface area (Å²) in [6.45, 7) is 3.98. The van der Waals surface area contributed by atoms with Crippen LogP contribution < -0.4 is 4.90 Å². The summed E-state index contributed by atoms with van der Waals surface area (Å²) in [6, 6.07) is 0. The van der Waals surface area contributed by atoms with Crippen LogP contribution in [0, 0.1) is 0 Å². The molecule has 4 nitrogen and oxygen atoms in total. The highest BCUT2D eigenvalue weighted by atomic mass is 79.9. The van der Waals surface area contributed by atoms with Gasteiger partial charge in [-0.05, 0) is 23.0 Å². The van der Waals surface area contributed by atoms with E-state index in [-0.39, 0.29) is 0 Å². The summed E-state index contributed by atoms with van der Waals surface area (Å²) in [7, 11) is 2.12. The molecule has 1 aromatic heterocycles. The Morgan fingerprint density at radius 1 is 1.33 bits per heavy atom. The Balaban J connectivity index is 2.12. The Morgan fingerprint density at radius 2 is 2.00 bits per heavy atom. The van der Waals surface area contributed by atoms with E-state index in [1.807, 2.05) is 0 Å². The van der Waals surface area contributed by atoms with Crippen molar-refractivity contribution < 1.29 is 0 Å². The van der Waals surface area contributed by atoms with Gasteiger partial charge < -0.3 is 9.80 Å². The zero-order chi connectivity index (χ0) is 10.8. The smallest absolute Gasteiger partial charge is 0.226 e. The summed E-state index contributed by atoms with van der Waals surface area (Å²) < 4.78 is 0.738. The van der Waals surface area contributed by atoms with E-state index in [9.17, 15) is 0 Å². The summed E-state index contributed by atoms with van der Waals surface area (Å²) in [5, 5.41) is 0.471. The van der Waals surface area contributed by atoms with E-state index < -0.39 is 0 Å². The SMILES string of the molecule is CN1CCN(c2ncc(Br)c(Cl)n2)CC1. The van der Waals surface area contributed by atoms with Crippen molar-refractivity contribution in [3.8, 4) is 0 Å². The lowest BCUT2D eigenvalue weighted by Crippen LogP contribution is -2.45. The fraction of sp³-hybridized carbons (Fsp3) is 0.556. The summed E-state index contributed by atoms with van der Waals surface area (Å²) in [6.07, 6.45) is 1.70. The van der Waals surface area contributed by atoms with Gasteiger partial charge in [-0.3, -0.25) is 0 Å². The normalized spacial score (nSPS) is 18.2. The monoisotopic (exact) mass is 290 g/mol. The summed E-state index contributed by atoms with van der Waals surface area (Å²) in [5.41, 5.74) is 0. The third-order valence-electron chi connectivity index (χ3n) is 2.47. The van der Waals surface area contributed by atoms with Crippen LogP contribution in [0.15, 0.2) is 10.7 Å². The maximum atomic E-state index is 5.93. The molecule has 0 aromatic carbocycles. The zero-order valence-electron chi connectivity index (χ0n) is 8.45. The van der Waals surface area contributed by atoms with Gasteiger partial charge in [0, 0.05) is 32.4 Å². The molecule has 2 heterocycles. The predicted molar refractivity (Wildman–Crippen MR) is 64.5 cm³/mol. The van der Waals surface area contributed by atoms with Gasteiger partial charge in [0.2, 0.25) is 5.95 Å². The van der Waals surface area contributed by atoms with E-state index in [1.54, 1.807) is 6.20 Å². The fourth-order valence-electron chi connectivity index (χ4n) is 1.50. The molecule has 0 bridgehead atoms. The highest BCUT2D eigenvalue weighted by molar-refractivity contribution is 9.10. The largest absolute Gasteiger partial charge is 0.338 e. The van der Waals surface area contributed by atoms with Crippen molar-refractivity contribution in [1.29, 1.82) is 0 Å². The molecule has 1 aliphatic rings. The molecule has 0 N–H and O–H groups in total. The first-order valence-electron chi connectivity index (χ1n) is 4.78. The van der Waals surface area contributed by atoms with E-state index in [2.05, 4.69) is 42.7 Å². The second kappa shape index (κ2) is 4.63. The van der Waals surface area contributed by atoms with Crippen LogP contribution in [0.4, 0.5) is 5.95 Å². The molecule has 1 saturated heterocycles. The average molecular weight is 292 g/mol. The molecular formula is C9H12BrClN4. The predicted octanol–water partition coefficient (Wildman–Crippen LogP) is 1.64. The minimum absolute atomic E-state index is 0.471. The first kappa shape index (κ1) is 11.1. The lowest BCUT2D eigenvalue weighted by molar-refractivity contribution is 0.311. The van der Waals surface area contributed by atoms with Gasteiger partial charge >= 0.3 is 0 Å². The molecule has 1 aromatic rings. The average Bonchev–Trinajstić information content (AvgIpc) is 2.23. The lowest BCUT2D eigenvalue weighted by Gasteiger charge is -2.32. The Labute approximate surface area is 102 Å². The summed E-state index contributed by atoms with van der Waals surface area (Å²) in [5.74, 6) is 0.719. The number of piperazine rings is 1. The third-order valence-corrected chi connectivity index (χ3v) is 3.57. The molecule has 6 heteroatoms. The molecule has 0 radical (unpaired) electrons. The van der Waals surface area contributed by atoms with Gasteiger partial charge in [0.25, 0.3) is 0 Å². The number of hydrogen-bond donors (Lipinski definition) is 0. The van der Waals surface area contributed by atoms with Crippen LogP contribution in [0.25, 0.3) is 0 Å². The van der Waals surface area contributed by atoms with Gasteiger partial charge in [0.15, 0.2) is 0 Å². The summed E-state index contributed by atoms with van der Waals surface area (Å²) in [4.78, 5) is 12.9. The molecule has 0 saturated carbocycles. The number of aromatic nitrogens is 2. The van der Waals surface area contributed by atoms with Crippen molar-refractivity contribution in [2.24, 2.45) is 0 Å².